The summed E-state index contributed by atoms with van der Waals surface area (Å²) in [6, 6.07) is 6.71. The van der Waals surface area contributed by atoms with E-state index in [4.69, 9.17) is 14.6 Å². The molecule has 0 amide bonds. The molecule has 18 heavy (non-hydrogen) atoms. The molecule has 0 unspecified atom stereocenters. The van der Waals surface area contributed by atoms with Gasteiger partial charge in [0.05, 0.1) is 14.2 Å². The average molecular weight is 273 g/mol. The first kappa shape index (κ1) is 15.4. The van der Waals surface area contributed by atoms with Crippen LogP contribution in [0.3, 0.4) is 0 Å². The van der Waals surface area contributed by atoms with Crippen LogP contribution in [0.2, 0.25) is 0 Å². The smallest absolute Gasteiger partial charge is 1.00 e. The van der Waals surface area contributed by atoms with Crippen LogP contribution in [0.15, 0.2) is 24.3 Å². The molecule has 5 nitrogen and oxygen atoms in total. The number of carboxylic acid groups (broad SMARTS) is 1. The van der Waals surface area contributed by atoms with E-state index in [9.17, 15) is 4.79 Å². The van der Waals surface area contributed by atoms with E-state index in [0.29, 0.717) is 17.0 Å². The number of methoxy groups -OCH3 is 2. The topological polar surface area (TPSA) is 68.7 Å². The number of nitrogens with zero attached hydrogens (tertiary/aromatic N) is 1. The summed E-state index contributed by atoms with van der Waals surface area (Å²) in [7, 11) is 3.00. The molecule has 1 heterocycles. The van der Waals surface area contributed by atoms with Crippen LogP contribution in [0, 0.1) is 0 Å². The van der Waals surface area contributed by atoms with Gasteiger partial charge in [-0.25, -0.2) is 9.78 Å². The van der Waals surface area contributed by atoms with Crippen LogP contribution in [0.25, 0.3) is 10.9 Å². The Morgan fingerprint density at radius 2 is 1.94 bits per heavy atom. The minimum Gasteiger partial charge on any atom is -1.00 e. The maximum Gasteiger partial charge on any atom is 1.00 e. The summed E-state index contributed by atoms with van der Waals surface area (Å²) < 4.78 is 10.3. The van der Waals surface area contributed by atoms with Crippen molar-refractivity contribution in [1.29, 1.82) is 0 Å². The third kappa shape index (κ3) is 2.84. The van der Waals surface area contributed by atoms with Gasteiger partial charge in [0.15, 0.2) is 5.69 Å². The zero-order chi connectivity index (χ0) is 12.4. The minimum absolute atomic E-state index is 0. The Morgan fingerprint density at radius 1 is 1.28 bits per heavy atom. The molecule has 90 valence electrons. The molecule has 0 saturated heterocycles. The van der Waals surface area contributed by atoms with Crippen molar-refractivity contribution >= 4 is 16.9 Å². The second-order valence-corrected chi connectivity index (χ2v) is 3.37. The summed E-state index contributed by atoms with van der Waals surface area (Å²) in [4.78, 5) is 15.0. The second-order valence-electron chi connectivity index (χ2n) is 3.37. The van der Waals surface area contributed by atoms with Gasteiger partial charge >= 0.3 is 57.4 Å². The molecule has 2 rings (SSSR count). The minimum atomic E-state index is -1.10. The van der Waals surface area contributed by atoms with Crippen molar-refractivity contribution in [3.8, 4) is 11.5 Å². The van der Waals surface area contributed by atoms with Crippen LogP contribution in [0.5, 0.6) is 11.5 Å². The predicted octanol–water partition coefficient (Wildman–Crippen LogP) is -0.933. The number of carboxylic acids is 1. The molecule has 0 bridgehead atoms. The summed E-state index contributed by atoms with van der Waals surface area (Å²) in [6.07, 6.45) is 0. The number of aromatic nitrogens is 1. The summed E-state index contributed by atoms with van der Waals surface area (Å²) in [5, 5.41) is 9.69. The van der Waals surface area contributed by atoms with Crippen LogP contribution >= 0.6 is 0 Å². The number of benzene rings is 1. The van der Waals surface area contributed by atoms with E-state index in [0.717, 1.165) is 5.39 Å². The van der Waals surface area contributed by atoms with Gasteiger partial charge in [0, 0.05) is 11.5 Å². The number of ether oxygens (including phenoxy) is 2. The van der Waals surface area contributed by atoms with Crippen LogP contribution in [-0.2, 0) is 0 Å². The maximum absolute atomic E-state index is 11.0. The quantitative estimate of drug-likeness (QED) is 0.732. The van der Waals surface area contributed by atoms with E-state index in [1.807, 2.05) is 0 Å². The fourth-order valence-electron chi connectivity index (χ4n) is 1.63. The molecular weight excluding hydrogens is 261 g/mol. The number of pyridine rings is 1. The summed E-state index contributed by atoms with van der Waals surface area (Å²) in [5.74, 6) is -0.119. The van der Waals surface area contributed by atoms with Crippen molar-refractivity contribution in [3.05, 3.63) is 30.0 Å². The molecule has 0 aliphatic carbocycles. The van der Waals surface area contributed by atoms with E-state index in [2.05, 4.69) is 4.98 Å². The fourth-order valence-corrected chi connectivity index (χ4v) is 1.63. The molecule has 0 atom stereocenters. The summed E-state index contributed by atoms with van der Waals surface area (Å²) >= 11 is 0. The first-order chi connectivity index (χ1) is 8.17. The van der Waals surface area contributed by atoms with Crippen LogP contribution in [-0.4, -0.2) is 30.3 Å². The molecule has 1 aromatic heterocycles. The molecule has 1 aromatic carbocycles. The van der Waals surface area contributed by atoms with E-state index in [-0.39, 0.29) is 58.5 Å². The Morgan fingerprint density at radius 3 is 2.50 bits per heavy atom. The SMILES string of the molecule is COc1cc(C(=O)O)nc2c(OC)cccc12.[H-].[K+]. The van der Waals surface area contributed by atoms with Gasteiger partial charge in [0.25, 0.3) is 0 Å². The fraction of sp³-hybridized carbons (Fsp3) is 0.167. The Kier molecular flexibility index (Phi) is 5.55. The van der Waals surface area contributed by atoms with Gasteiger partial charge in [-0.1, -0.05) is 6.07 Å². The largest absolute Gasteiger partial charge is 1.00 e. The van der Waals surface area contributed by atoms with E-state index < -0.39 is 5.97 Å². The number of hydrogen-bond acceptors (Lipinski definition) is 4. The Labute approximate surface area is 148 Å². The zero-order valence-corrected chi connectivity index (χ0v) is 13.6. The maximum atomic E-state index is 11.0. The average Bonchev–Trinajstić information content (AvgIpc) is 2.36. The molecule has 2 aromatic rings. The van der Waals surface area contributed by atoms with E-state index >= 15 is 0 Å². The third-order valence-electron chi connectivity index (χ3n) is 2.42. The van der Waals surface area contributed by atoms with Crippen molar-refractivity contribution in [2.75, 3.05) is 14.2 Å². The van der Waals surface area contributed by atoms with Gasteiger partial charge in [-0.15, -0.1) is 0 Å². The van der Waals surface area contributed by atoms with Crippen LogP contribution < -0.4 is 60.9 Å². The van der Waals surface area contributed by atoms with Gasteiger partial charge in [-0.3, -0.25) is 0 Å². The van der Waals surface area contributed by atoms with Gasteiger partial charge in [0.1, 0.15) is 17.0 Å². The zero-order valence-electron chi connectivity index (χ0n) is 11.4. The number of rotatable bonds is 3. The third-order valence-corrected chi connectivity index (χ3v) is 2.42. The standard InChI is InChI=1S/C12H11NO4.K.H/c1-16-9-5-3-4-7-10(17-2)6-8(12(14)15)13-11(7)9;;/h3-6H,1-2H3,(H,14,15);;/q;+1;-1. The number of para-hydroxylation sites is 1. The van der Waals surface area contributed by atoms with Crippen LogP contribution in [0.4, 0.5) is 0 Å². The number of aromatic carboxylic acids is 1. The van der Waals surface area contributed by atoms with Crippen molar-refractivity contribution in [3.63, 3.8) is 0 Å². The van der Waals surface area contributed by atoms with Gasteiger partial charge in [-0.05, 0) is 12.1 Å². The molecule has 0 spiro atoms. The summed E-state index contributed by atoms with van der Waals surface area (Å²) in [5.41, 5.74) is 0.408. The molecule has 1 N–H and O–H groups in total. The van der Waals surface area contributed by atoms with Crippen LogP contribution in [0.1, 0.15) is 11.9 Å². The predicted molar refractivity (Wildman–Crippen MR) is 62.9 cm³/mol. The normalized spacial score (nSPS) is 9.67. The molecular formula is C12H12KNO4. The molecule has 0 aliphatic rings. The number of carbonyl (C=O) groups is 1. The number of hydrogen-bond donors (Lipinski definition) is 1. The van der Waals surface area contributed by atoms with Crippen molar-refractivity contribution in [2.24, 2.45) is 0 Å². The van der Waals surface area contributed by atoms with Gasteiger partial charge in [-0.2, -0.15) is 0 Å². The summed E-state index contributed by atoms with van der Waals surface area (Å²) in [6.45, 7) is 0. The molecule has 0 fully saturated rings. The Balaban J connectivity index is 0.00000162. The van der Waals surface area contributed by atoms with Gasteiger partial charge in [0.2, 0.25) is 0 Å². The Bertz CT molecular complexity index is 591. The van der Waals surface area contributed by atoms with Crippen molar-refractivity contribution < 1.29 is 72.2 Å². The van der Waals surface area contributed by atoms with Crippen molar-refractivity contribution in [1.82, 2.24) is 4.98 Å². The van der Waals surface area contributed by atoms with Crippen molar-refractivity contribution in [2.45, 2.75) is 0 Å². The first-order valence-electron chi connectivity index (χ1n) is 4.92. The Hall–Kier alpha value is -0.664. The first-order valence-corrected chi connectivity index (χ1v) is 4.92. The van der Waals surface area contributed by atoms with Gasteiger partial charge < -0.3 is 16.0 Å². The number of fused-ring (bicyclic) bond motifs is 1. The van der Waals surface area contributed by atoms with E-state index in [1.165, 1.54) is 20.3 Å². The van der Waals surface area contributed by atoms with E-state index in [1.54, 1.807) is 18.2 Å². The molecule has 6 heteroatoms. The molecule has 0 radical (unpaired) electrons. The second kappa shape index (κ2) is 6.49. The molecule has 0 saturated carbocycles. The monoisotopic (exact) mass is 273 g/mol. The molecule has 0 aliphatic heterocycles.